The molecule has 1 aromatic heterocycles. The molecule has 0 amide bonds. The van der Waals surface area contributed by atoms with Gasteiger partial charge >= 0.3 is 6.18 Å². The predicted molar refractivity (Wildman–Crippen MR) is 76.2 cm³/mol. The number of rotatable bonds is 4. The van der Waals surface area contributed by atoms with Gasteiger partial charge in [0, 0.05) is 19.2 Å². The summed E-state index contributed by atoms with van der Waals surface area (Å²) in [6, 6.07) is 1.17. The van der Waals surface area contributed by atoms with Crippen molar-refractivity contribution in [3.05, 3.63) is 11.8 Å². The molecule has 7 heteroatoms. The standard InChI is InChI=1S/C14H21F3N4/c1-3-9-5-4-6-10(7-9)19-12-8-11(14(15,16)17)20-13(18-2)21-12/h8-10H,3-7H2,1-2H3,(H2,18,19,20,21). The van der Waals surface area contributed by atoms with Gasteiger partial charge in [0.25, 0.3) is 0 Å². The van der Waals surface area contributed by atoms with Crippen molar-refractivity contribution in [2.75, 3.05) is 17.7 Å². The molecule has 2 atom stereocenters. The number of hydrogen-bond donors (Lipinski definition) is 2. The van der Waals surface area contributed by atoms with E-state index in [1.807, 2.05) is 0 Å². The maximum atomic E-state index is 12.8. The average Bonchev–Trinajstić information content (AvgIpc) is 2.46. The van der Waals surface area contributed by atoms with Gasteiger partial charge in [-0.2, -0.15) is 18.2 Å². The Bertz CT molecular complexity index is 476. The molecule has 0 spiro atoms. The summed E-state index contributed by atoms with van der Waals surface area (Å²) in [4.78, 5) is 7.54. The SMILES string of the molecule is CCC1CCCC(Nc2cc(C(F)(F)F)nc(NC)n2)C1. The number of nitrogens with zero attached hydrogens (tertiary/aromatic N) is 2. The number of anilines is 2. The molecule has 1 heterocycles. The van der Waals surface area contributed by atoms with E-state index in [4.69, 9.17) is 0 Å². The van der Waals surface area contributed by atoms with Gasteiger partial charge in [0.2, 0.25) is 5.95 Å². The third-order valence-electron chi connectivity index (χ3n) is 3.95. The molecule has 1 aliphatic carbocycles. The van der Waals surface area contributed by atoms with Crippen LogP contribution in [0.1, 0.15) is 44.7 Å². The quantitative estimate of drug-likeness (QED) is 0.885. The van der Waals surface area contributed by atoms with E-state index >= 15 is 0 Å². The van der Waals surface area contributed by atoms with Gasteiger partial charge in [-0.15, -0.1) is 0 Å². The lowest BCUT2D eigenvalue weighted by Gasteiger charge is -2.29. The molecule has 1 aromatic rings. The number of nitrogens with one attached hydrogen (secondary N) is 2. The van der Waals surface area contributed by atoms with E-state index in [0.29, 0.717) is 5.92 Å². The van der Waals surface area contributed by atoms with Gasteiger partial charge < -0.3 is 10.6 Å². The molecular formula is C14H21F3N4. The summed E-state index contributed by atoms with van der Waals surface area (Å²) in [6.07, 6.45) is 0.898. The minimum Gasteiger partial charge on any atom is -0.367 e. The van der Waals surface area contributed by atoms with Crippen LogP contribution in [-0.4, -0.2) is 23.1 Å². The maximum Gasteiger partial charge on any atom is 0.433 e. The van der Waals surface area contributed by atoms with E-state index < -0.39 is 11.9 Å². The van der Waals surface area contributed by atoms with Gasteiger partial charge in [0.15, 0.2) is 5.69 Å². The Morgan fingerprint density at radius 2 is 2.05 bits per heavy atom. The van der Waals surface area contributed by atoms with Crippen molar-refractivity contribution in [1.29, 1.82) is 0 Å². The van der Waals surface area contributed by atoms with Crippen LogP contribution in [0.15, 0.2) is 6.07 Å². The fourth-order valence-electron chi connectivity index (χ4n) is 2.78. The Kier molecular flexibility index (Phi) is 4.90. The summed E-state index contributed by atoms with van der Waals surface area (Å²) in [5.41, 5.74) is -0.924. The smallest absolute Gasteiger partial charge is 0.367 e. The normalized spacial score (nSPS) is 22.9. The number of halogens is 3. The Hall–Kier alpha value is -1.53. The van der Waals surface area contributed by atoms with Gasteiger partial charge in [-0.25, -0.2) is 4.98 Å². The van der Waals surface area contributed by atoms with Crippen molar-refractivity contribution in [2.45, 2.75) is 51.2 Å². The van der Waals surface area contributed by atoms with Gasteiger partial charge in [-0.05, 0) is 18.8 Å². The van der Waals surface area contributed by atoms with Crippen LogP contribution in [0.3, 0.4) is 0 Å². The van der Waals surface area contributed by atoms with Crippen LogP contribution in [0.5, 0.6) is 0 Å². The summed E-state index contributed by atoms with van der Waals surface area (Å²) >= 11 is 0. The van der Waals surface area contributed by atoms with Crippen molar-refractivity contribution in [3.8, 4) is 0 Å². The highest BCUT2D eigenvalue weighted by atomic mass is 19.4. The Labute approximate surface area is 122 Å². The van der Waals surface area contributed by atoms with Crippen molar-refractivity contribution in [3.63, 3.8) is 0 Å². The van der Waals surface area contributed by atoms with Crippen LogP contribution < -0.4 is 10.6 Å². The second kappa shape index (κ2) is 6.49. The summed E-state index contributed by atoms with van der Waals surface area (Å²) in [5.74, 6) is 0.863. The molecule has 0 radical (unpaired) electrons. The molecule has 21 heavy (non-hydrogen) atoms. The molecule has 0 aliphatic heterocycles. The van der Waals surface area contributed by atoms with Crippen LogP contribution in [0.25, 0.3) is 0 Å². The van der Waals surface area contributed by atoms with Gasteiger partial charge in [0.05, 0.1) is 0 Å². The van der Waals surface area contributed by atoms with E-state index in [1.54, 1.807) is 0 Å². The molecular weight excluding hydrogens is 281 g/mol. The fraction of sp³-hybridized carbons (Fsp3) is 0.714. The van der Waals surface area contributed by atoms with Crippen LogP contribution >= 0.6 is 0 Å². The highest BCUT2D eigenvalue weighted by Gasteiger charge is 2.34. The van der Waals surface area contributed by atoms with Crippen LogP contribution in [-0.2, 0) is 6.18 Å². The molecule has 0 aromatic carbocycles. The zero-order valence-electron chi connectivity index (χ0n) is 12.3. The van der Waals surface area contributed by atoms with Gasteiger partial charge in [-0.3, -0.25) is 0 Å². The molecule has 2 rings (SSSR count). The van der Waals surface area contributed by atoms with Crippen LogP contribution in [0.2, 0.25) is 0 Å². The molecule has 0 bridgehead atoms. The average molecular weight is 302 g/mol. The van der Waals surface area contributed by atoms with Crippen LogP contribution in [0.4, 0.5) is 24.9 Å². The van der Waals surface area contributed by atoms with Gasteiger partial charge in [-0.1, -0.05) is 26.2 Å². The molecule has 0 saturated heterocycles. The number of aromatic nitrogens is 2. The second-order valence-corrected chi connectivity index (χ2v) is 5.49. The molecule has 1 fully saturated rings. The van der Waals surface area contributed by atoms with Crippen LogP contribution in [0, 0.1) is 5.92 Å². The Morgan fingerprint density at radius 3 is 2.67 bits per heavy atom. The lowest BCUT2D eigenvalue weighted by molar-refractivity contribution is -0.141. The first-order valence-corrected chi connectivity index (χ1v) is 7.33. The monoisotopic (exact) mass is 302 g/mol. The lowest BCUT2D eigenvalue weighted by Crippen LogP contribution is -2.28. The van der Waals surface area contributed by atoms with Crippen molar-refractivity contribution >= 4 is 11.8 Å². The third-order valence-corrected chi connectivity index (χ3v) is 3.95. The first-order valence-electron chi connectivity index (χ1n) is 7.33. The van der Waals surface area contributed by atoms with E-state index in [0.717, 1.165) is 31.7 Å². The van der Waals surface area contributed by atoms with Crippen molar-refractivity contribution < 1.29 is 13.2 Å². The second-order valence-electron chi connectivity index (χ2n) is 5.49. The van der Waals surface area contributed by atoms with Crippen molar-refractivity contribution in [1.82, 2.24) is 9.97 Å². The summed E-state index contributed by atoms with van der Waals surface area (Å²) in [5, 5.41) is 5.72. The Balaban J connectivity index is 2.15. The van der Waals surface area contributed by atoms with E-state index in [2.05, 4.69) is 27.5 Å². The summed E-state index contributed by atoms with van der Waals surface area (Å²) in [6.45, 7) is 2.15. The van der Waals surface area contributed by atoms with E-state index in [9.17, 15) is 13.2 Å². The molecule has 2 N–H and O–H groups in total. The number of hydrogen-bond acceptors (Lipinski definition) is 4. The molecule has 1 aliphatic rings. The number of alkyl halides is 3. The molecule has 4 nitrogen and oxygen atoms in total. The summed E-state index contributed by atoms with van der Waals surface area (Å²) in [7, 11) is 1.51. The first kappa shape index (κ1) is 15.9. The minimum atomic E-state index is -4.47. The van der Waals surface area contributed by atoms with Crippen molar-refractivity contribution in [2.24, 2.45) is 5.92 Å². The Morgan fingerprint density at radius 1 is 1.29 bits per heavy atom. The lowest BCUT2D eigenvalue weighted by atomic mass is 9.84. The van der Waals surface area contributed by atoms with Gasteiger partial charge in [0.1, 0.15) is 5.82 Å². The minimum absolute atomic E-state index is 0.0184. The first-order chi connectivity index (χ1) is 9.92. The predicted octanol–water partition coefficient (Wildman–Crippen LogP) is 3.92. The fourth-order valence-corrected chi connectivity index (χ4v) is 2.78. The highest BCUT2D eigenvalue weighted by Crippen LogP contribution is 2.32. The molecule has 2 unspecified atom stereocenters. The van der Waals surface area contributed by atoms with E-state index in [1.165, 1.54) is 13.5 Å². The zero-order valence-corrected chi connectivity index (χ0v) is 12.3. The van der Waals surface area contributed by atoms with E-state index in [-0.39, 0.29) is 17.8 Å². The maximum absolute atomic E-state index is 12.8. The third kappa shape index (κ3) is 4.22. The summed E-state index contributed by atoms with van der Waals surface area (Å²) < 4.78 is 38.5. The topological polar surface area (TPSA) is 49.8 Å². The molecule has 1 saturated carbocycles. The highest BCUT2D eigenvalue weighted by molar-refractivity contribution is 5.43. The molecule has 118 valence electrons. The largest absolute Gasteiger partial charge is 0.433 e. The zero-order chi connectivity index (χ0) is 15.5.